The molecule has 2 aromatic carbocycles. The molecular formula is C16H17BrFNO2. The fourth-order valence-electron chi connectivity index (χ4n) is 1.91. The van der Waals surface area contributed by atoms with Crippen molar-refractivity contribution in [3.05, 3.63) is 52.3 Å². The second-order valence-corrected chi connectivity index (χ2v) is 5.26. The summed E-state index contributed by atoms with van der Waals surface area (Å²) in [4.78, 5) is 0. The van der Waals surface area contributed by atoms with Gasteiger partial charge in [0.1, 0.15) is 5.82 Å². The van der Waals surface area contributed by atoms with Crippen molar-refractivity contribution in [1.29, 1.82) is 0 Å². The van der Waals surface area contributed by atoms with Gasteiger partial charge in [-0.25, -0.2) is 4.39 Å². The van der Waals surface area contributed by atoms with E-state index in [1.807, 2.05) is 25.1 Å². The first-order valence-corrected chi connectivity index (χ1v) is 7.42. The largest absolute Gasteiger partial charge is 0.493 e. The molecule has 0 atom stereocenters. The van der Waals surface area contributed by atoms with Crippen LogP contribution >= 0.6 is 15.9 Å². The molecular weight excluding hydrogens is 337 g/mol. The van der Waals surface area contributed by atoms with Crippen LogP contribution in [0.25, 0.3) is 0 Å². The third kappa shape index (κ3) is 4.11. The van der Waals surface area contributed by atoms with Crippen LogP contribution in [0.5, 0.6) is 11.5 Å². The summed E-state index contributed by atoms with van der Waals surface area (Å²) in [6.07, 6.45) is 0. The predicted octanol–water partition coefficient (Wildman–Crippen LogP) is 4.61. The first-order valence-electron chi connectivity index (χ1n) is 6.62. The lowest BCUT2D eigenvalue weighted by atomic mass is 10.2. The number of rotatable bonds is 6. The van der Waals surface area contributed by atoms with Gasteiger partial charge in [-0.1, -0.05) is 6.07 Å². The maximum atomic E-state index is 13.2. The molecule has 0 spiro atoms. The second-order valence-electron chi connectivity index (χ2n) is 4.40. The van der Waals surface area contributed by atoms with Crippen LogP contribution in [0, 0.1) is 5.82 Å². The van der Waals surface area contributed by atoms with Crippen molar-refractivity contribution in [1.82, 2.24) is 0 Å². The van der Waals surface area contributed by atoms with E-state index in [0.717, 1.165) is 11.3 Å². The van der Waals surface area contributed by atoms with E-state index in [2.05, 4.69) is 21.2 Å². The van der Waals surface area contributed by atoms with Crippen molar-refractivity contribution in [2.24, 2.45) is 0 Å². The summed E-state index contributed by atoms with van der Waals surface area (Å²) in [5, 5.41) is 3.28. The topological polar surface area (TPSA) is 30.5 Å². The number of halogens is 2. The van der Waals surface area contributed by atoms with Crippen LogP contribution in [0.2, 0.25) is 0 Å². The molecule has 0 amide bonds. The molecule has 1 N–H and O–H groups in total. The highest BCUT2D eigenvalue weighted by Gasteiger charge is 2.06. The van der Waals surface area contributed by atoms with Gasteiger partial charge in [0.2, 0.25) is 0 Å². The number of methoxy groups -OCH3 is 1. The third-order valence-corrected chi connectivity index (χ3v) is 3.55. The van der Waals surface area contributed by atoms with E-state index >= 15 is 0 Å². The zero-order valence-electron chi connectivity index (χ0n) is 12.0. The van der Waals surface area contributed by atoms with Gasteiger partial charge in [-0.2, -0.15) is 0 Å². The lowest BCUT2D eigenvalue weighted by Gasteiger charge is -2.12. The standard InChI is InChI=1S/C16H17BrFNO2/c1-3-21-16-9-12(5-7-15(16)20-2)19-10-11-4-6-14(18)13(17)8-11/h4-9,19H,3,10H2,1-2H3. The van der Waals surface area contributed by atoms with Crippen LogP contribution in [-0.4, -0.2) is 13.7 Å². The van der Waals surface area contributed by atoms with E-state index < -0.39 is 0 Å². The minimum Gasteiger partial charge on any atom is -0.493 e. The summed E-state index contributed by atoms with van der Waals surface area (Å²) in [7, 11) is 1.61. The second kappa shape index (κ2) is 7.31. The Morgan fingerprint density at radius 2 is 1.95 bits per heavy atom. The maximum Gasteiger partial charge on any atom is 0.163 e. The van der Waals surface area contributed by atoms with E-state index in [0.29, 0.717) is 29.1 Å². The molecule has 0 fully saturated rings. The third-order valence-electron chi connectivity index (χ3n) is 2.94. The lowest BCUT2D eigenvalue weighted by molar-refractivity contribution is 0.311. The van der Waals surface area contributed by atoms with Crippen LogP contribution in [-0.2, 0) is 6.54 Å². The lowest BCUT2D eigenvalue weighted by Crippen LogP contribution is -2.01. The molecule has 0 saturated heterocycles. The molecule has 0 saturated carbocycles. The summed E-state index contributed by atoms with van der Waals surface area (Å²) in [6, 6.07) is 10.6. The summed E-state index contributed by atoms with van der Waals surface area (Å²) < 4.78 is 24.4. The van der Waals surface area contributed by atoms with Gasteiger partial charge < -0.3 is 14.8 Å². The predicted molar refractivity (Wildman–Crippen MR) is 85.6 cm³/mol. The van der Waals surface area contributed by atoms with Gasteiger partial charge in [-0.15, -0.1) is 0 Å². The number of ether oxygens (including phenoxy) is 2. The van der Waals surface area contributed by atoms with Crippen LogP contribution in [0.15, 0.2) is 40.9 Å². The molecule has 2 rings (SSSR count). The molecule has 3 nitrogen and oxygen atoms in total. The Hall–Kier alpha value is -1.75. The average Bonchev–Trinajstić information content (AvgIpc) is 2.49. The molecule has 0 aliphatic carbocycles. The van der Waals surface area contributed by atoms with Gasteiger partial charge in [0.25, 0.3) is 0 Å². The van der Waals surface area contributed by atoms with Gasteiger partial charge >= 0.3 is 0 Å². The van der Waals surface area contributed by atoms with Gasteiger partial charge in [-0.3, -0.25) is 0 Å². The summed E-state index contributed by atoms with van der Waals surface area (Å²) in [5.41, 5.74) is 1.90. The molecule has 2 aromatic rings. The molecule has 0 aliphatic rings. The molecule has 5 heteroatoms. The molecule has 0 aromatic heterocycles. The first-order chi connectivity index (χ1) is 10.1. The van der Waals surface area contributed by atoms with Crippen LogP contribution < -0.4 is 14.8 Å². The molecule has 0 unspecified atom stereocenters. The quantitative estimate of drug-likeness (QED) is 0.822. The monoisotopic (exact) mass is 353 g/mol. The number of anilines is 1. The van der Waals surface area contributed by atoms with Crippen molar-refractivity contribution in [2.75, 3.05) is 19.0 Å². The molecule has 21 heavy (non-hydrogen) atoms. The first kappa shape index (κ1) is 15.6. The zero-order valence-corrected chi connectivity index (χ0v) is 13.5. The molecule has 0 bridgehead atoms. The number of hydrogen-bond acceptors (Lipinski definition) is 3. The van der Waals surface area contributed by atoms with Crippen molar-refractivity contribution in [3.63, 3.8) is 0 Å². The molecule has 0 radical (unpaired) electrons. The number of hydrogen-bond donors (Lipinski definition) is 1. The van der Waals surface area contributed by atoms with Crippen LogP contribution in [0.4, 0.5) is 10.1 Å². The normalized spacial score (nSPS) is 10.3. The van der Waals surface area contributed by atoms with Crippen molar-refractivity contribution in [2.45, 2.75) is 13.5 Å². The fourth-order valence-corrected chi connectivity index (χ4v) is 2.33. The Labute approximate surface area is 132 Å². The molecule has 0 heterocycles. The average molecular weight is 354 g/mol. The highest BCUT2D eigenvalue weighted by Crippen LogP contribution is 2.30. The van der Waals surface area contributed by atoms with Crippen molar-refractivity contribution >= 4 is 21.6 Å². The maximum absolute atomic E-state index is 13.2. The Balaban J connectivity index is 2.08. The number of benzene rings is 2. The zero-order chi connectivity index (χ0) is 15.2. The van der Waals surface area contributed by atoms with E-state index in [9.17, 15) is 4.39 Å². The van der Waals surface area contributed by atoms with Gasteiger partial charge in [0.05, 0.1) is 18.2 Å². The highest BCUT2D eigenvalue weighted by molar-refractivity contribution is 9.10. The smallest absolute Gasteiger partial charge is 0.163 e. The fraction of sp³-hybridized carbons (Fsp3) is 0.250. The van der Waals surface area contributed by atoms with Crippen LogP contribution in [0.1, 0.15) is 12.5 Å². The van der Waals surface area contributed by atoms with Gasteiger partial charge in [0.15, 0.2) is 11.5 Å². The molecule has 112 valence electrons. The Morgan fingerprint density at radius 1 is 1.14 bits per heavy atom. The van der Waals surface area contributed by atoms with E-state index in [1.165, 1.54) is 6.07 Å². The Morgan fingerprint density at radius 3 is 2.62 bits per heavy atom. The van der Waals surface area contributed by atoms with Gasteiger partial charge in [-0.05, 0) is 52.7 Å². The van der Waals surface area contributed by atoms with Crippen LogP contribution in [0.3, 0.4) is 0 Å². The Kier molecular flexibility index (Phi) is 5.44. The summed E-state index contributed by atoms with van der Waals surface area (Å²) in [6.45, 7) is 3.09. The Bertz CT molecular complexity index is 619. The van der Waals surface area contributed by atoms with Crippen molar-refractivity contribution < 1.29 is 13.9 Å². The SMILES string of the molecule is CCOc1cc(NCc2ccc(F)c(Br)c2)ccc1OC. The van der Waals surface area contributed by atoms with E-state index in [-0.39, 0.29) is 5.82 Å². The highest BCUT2D eigenvalue weighted by atomic mass is 79.9. The molecule has 0 aliphatic heterocycles. The minimum absolute atomic E-state index is 0.262. The number of nitrogens with one attached hydrogen (secondary N) is 1. The minimum atomic E-state index is -0.262. The summed E-state index contributed by atoms with van der Waals surface area (Å²) in [5.74, 6) is 1.14. The van der Waals surface area contributed by atoms with E-state index in [4.69, 9.17) is 9.47 Å². The summed E-state index contributed by atoms with van der Waals surface area (Å²) >= 11 is 3.18. The van der Waals surface area contributed by atoms with E-state index in [1.54, 1.807) is 19.2 Å². The van der Waals surface area contributed by atoms with Gasteiger partial charge in [0, 0.05) is 18.3 Å². The van der Waals surface area contributed by atoms with Crippen molar-refractivity contribution in [3.8, 4) is 11.5 Å².